The molecule has 3 saturated carbocycles. The van der Waals surface area contributed by atoms with Gasteiger partial charge in [-0.05, 0) is 62.4 Å². The molecule has 2 bridgehead atoms. The Kier molecular flexibility index (Phi) is 2.89. The summed E-state index contributed by atoms with van der Waals surface area (Å²) in [6, 6.07) is 0. The molecule has 0 aromatic carbocycles. The molecule has 3 aliphatic rings. The van der Waals surface area contributed by atoms with Crippen LogP contribution in [0.15, 0.2) is 0 Å². The number of hydrogen-bond donors (Lipinski definition) is 2. The van der Waals surface area contributed by atoms with Gasteiger partial charge in [0.15, 0.2) is 0 Å². The summed E-state index contributed by atoms with van der Waals surface area (Å²) in [6.45, 7) is 3.97. The van der Waals surface area contributed by atoms with Crippen LogP contribution in [0.5, 0.6) is 0 Å². The van der Waals surface area contributed by atoms with Crippen LogP contribution in [0, 0.1) is 35.5 Å². The van der Waals surface area contributed by atoms with Crippen LogP contribution >= 0.6 is 0 Å². The van der Waals surface area contributed by atoms with E-state index in [9.17, 15) is 4.79 Å². The van der Waals surface area contributed by atoms with Gasteiger partial charge in [0.05, 0.1) is 0 Å². The van der Waals surface area contributed by atoms with Crippen molar-refractivity contribution in [1.82, 2.24) is 10.6 Å². The molecule has 0 radical (unpaired) electrons. The highest BCUT2D eigenvalue weighted by atomic mass is 16.2. The third-order valence-electron chi connectivity index (χ3n) is 5.22. The number of rotatable bonds is 5. The SMILES string of the molecule is CNCC(C)CNC(=O)C1C2C3CCC(C3)C12. The Balaban J connectivity index is 1.46. The van der Waals surface area contributed by atoms with Crippen molar-refractivity contribution in [2.45, 2.75) is 26.2 Å². The lowest BCUT2D eigenvalue weighted by molar-refractivity contribution is -0.123. The molecule has 3 rings (SSSR count). The minimum Gasteiger partial charge on any atom is -0.356 e. The summed E-state index contributed by atoms with van der Waals surface area (Å²) in [5.41, 5.74) is 0. The van der Waals surface area contributed by atoms with Crippen molar-refractivity contribution >= 4 is 5.91 Å². The Morgan fingerprint density at radius 2 is 1.88 bits per heavy atom. The Bertz CT molecular complexity index is 301. The summed E-state index contributed by atoms with van der Waals surface area (Å²) in [5, 5.41) is 6.30. The van der Waals surface area contributed by atoms with Crippen molar-refractivity contribution in [2.24, 2.45) is 35.5 Å². The van der Waals surface area contributed by atoms with Gasteiger partial charge in [0.2, 0.25) is 5.91 Å². The molecule has 96 valence electrons. The van der Waals surface area contributed by atoms with Crippen molar-refractivity contribution in [1.29, 1.82) is 0 Å². The van der Waals surface area contributed by atoms with E-state index in [0.717, 1.165) is 36.8 Å². The lowest BCUT2D eigenvalue weighted by Gasteiger charge is -2.13. The van der Waals surface area contributed by atoms with Crippen LogP contribution in [0.4, 0.5) is 0 Å². The molecule has 5 atom stereocenters. The van der Waals surface area contributed by atoms with E-state index in [0.29, 0.717) is 17.7 Å². The minimum absolute atomic E-state index is 0.347. The summed E-state index contributed by atoms with van der Waals surface area (Å²) in [6.07, 6.45) is 4.22. The number of hydrogen-bond acceptors (Lipinski definition) is 2. The van der Waals surface area contributed by atoms with Gasteiger partial charge in [0.25, 0.3) is 0 Å². The summed E-state index contributed by atoms with van der Waals surface area (Å²) in [7, 11) is 1.96. The Morgan fingerprint density at radius 1 is 1.24 bits per heavy atom. The van der Waals surface area contributed by atoms with Crippen LogP contribution < -0.4 is 10.6 Å². The molecular weight excluding hydrogens is 212 g/mol. The molecule has 5 unspecified atom stereocenters. The number of amides is 1. The first-order valence-corrected chi connectivity index (χ1v) is 7.14. The normalized spacial score (nSPS) is 43.3. The number of nitrogens with one attached hydrogen (secondary N) is 2. The van der Waals surface area contributed by atoms with Gasteiger partial charge < -0.3 is 10.6 Å². The molecule has 2 N–H and O–H groups in total. The highest BCUT2D eigenvalue weighted by Crippen LogP contribution is 2.69. The van der Waals surface area contributed by atoms with E-state index in [1.807, 2.05) is 7.05 Å². The fraction of sp³-hybridized carbons (Fsp3) is 0.929. The predicted octanol–water partition coefficient (Wildman–Crippen LogP) is 1.25. The van der Waals surface area contributed by atoms with E-state index in [1.54, 1.807) is 0 Å². The smallest absolute Gasteiger partial charge is 0.223 e. The number of fused-ring (bicyclic) bond motifs is 5. The second-order valence-corrected chi connectivity index (χ2v) is 6.42. The highest BCUT2D eigenvalue weighted by Gasteiger charge is 2.67. The molecule has 17 heavy (non-hydrogen) atoms. The molecule has 0 heterocycles. The fourth-order valence-corrected chi connectivity index (χ4v) is 4.49. The standard InChI is InChI=1S/C14H24N2O/c1-8(6-15-2)7-16-14(17)13-11-9-3-4-10(5-9)12(11)13/h8-13,15H,3-7H2,1-2H3,(H,16,17). The zero-order valence-electron chi connectivity index (χ0n) is 10.9. The van der Waals surface area contributed by atoms with E-state index in [1.165, 1.54) is 19.3 Å². The maximum absolute atomic E-state index is 12.1. The molecule has 3 aliphatic carbocycles. The second-order valence-electron chi connectivity index (χ2n) is 6.42. The third-order valence-corrected chi connectivity index (χ3v) is 5.22. The first-order chi connectivity index (χ1) is 8.22. The van der Waals surface area contributed by atoms with Gasteiger partial charge in [-0.15, -0.1) is 0 Å². The Labute approximate surface area is 104 Å². The van der Waals surface area contributed by atoms with E-state index in [2.05, 4.69) is 17.6 Å². The van der Waals surface area contributed by atoms with Gasteiger partial charge in [-0.25, -0.2) is 0 Å². The maximum atomic E-state index is 12.1. The first kappa shape index (κ1) is 11.5. The molecular formula is C14H24N2O. The van der Waals surface area contributed by atoms with E-state index in [-0.39, 0.29) is 0 Å². The van der Waals surface area contributed by atoms with E-state index >= 15 is 0 Å². The largest absolute Gasteiger partial charge is 0.356 e. The molecule has 0 spiro atoms. The quantitative estimate of drug-likeness (QED) is 0.754. The highest BCUT2D eigenvalue weighted by molar-refractivity contribution is 5.82. The molecule has 0 saturated heterocycles. The average molecular weight is 236 g/mol. The van der Waals surface area contributed by atoms with Gasteiger partial charge >= 0.3 is 0 Å². The van der Waals surface area contributed by atoms with Crippen molar-refractivity contribution < 1.29 is 4.79 Å². The lowest BCUT2D eigenvalue weighted by Crippen LogP contribution is -2.34. The molecule has 1 amide bonds. The van der Waals surface area contributed by atoms with Gasteiger partial charge in [-0.1, -0.05) is 6.92 Å². The topological polar surface area (TPSA) is 41.1 Å². The van der Waals surface area contributed by atoms with Crippen LogP contribution in [0.3, 0.4) is 0 Å². The predicted molar refractivity (Wildman–Crippen MR) is 67.4 cm³/mol. The molecule has 3 heteroatoms. The molecule has 3 fully saturated rings. The van der Waals surface area contributed by atoms with E-state index in [4.69, 9.17) is 0 Å². The summed E-state index contributed by atoms with van der Waals surface area (Å²) in [4.78, 5) is 12.1. The number of carbonyl (C=O) groups excluding carboxylic acids is 1. The second kappa shape index (κ2) is 4.27. The van der Waals surface area contributed by atoms with Gasteiger partial charge in [0, 0.05) is 12.5 Å². The molecule has 3 nitrogen and oxygen atoms in total. The summed E-state index contributed by atoms with van der Waals surface area (Å²) >= 11 is 0. The number of carbonyl (C=O) groups is 1. The van der Waals surface area contributed by atoms with E-state index < -0.39 is 0 Å². The molecule has 0 aromatic rings. The minimum atomic E-state index is 0.347. The van der Waals surface area contributed by atoms with Crippen molar-refractivity contribution in [3.05, 3.63) is 0 Å². The maximum Gasteiger partial charge on any atom is 0.223 e. The molecule has 0 aromatic heterocycles. The van der Waals surface area contributed by atoms with Crippen LogP contribution in [0.1, 0.15) is 26.2 Å². The van der Waals surface area contributed by atoms with Gasteiger partial charge in [-0.2, -0.15) is 0 Å². The van der Waals surface area contributed by atoms with Crippen LogP contribution in [0.2, 0.25) is 0 Å². The van der Waals surface area contributed by atoms with Crippen molar-refractivity contribution in [3.8, 4) is 0 Å². The van der Waals surface area contributed by atoms with Crippen LogP contribution in [-0.4, -0.2) is 26.0 Å². The summed E-state index contributed by atoms with van der Waals surface area (Å²) < 4.78 is 0. The van der Waals surface area contributed by atoms with Crippen molar-refractivity contribution in [3.63, 3.8) is 0 Å². The van der Waals surface area contributed by atoms with Crippen molar-refractivity contribution in [2.75, 3.05) is 20.1 Å². The van der Waals surface area contributed by atoms with Crippen LogP contribution in [-0.2, 0) is 4.79 Å². The zero-order valence-corrected chi connectivity index (χ0v) is 10.9. The van der Waals surface area contributed by atoms with Gasteiger partial charge in [0.1, 0.15) is 0 Å². The average Bonchev–Trinajstić information content (AvgIpc) is 2.75. The lowest BCUT2D eigenvalue weighted by atomic mass is 10.0. The monoisotopic (exact) mass is 236 g/mol. The molecule has 0 aliphatic heterocycles. The third kappa shape index (κ3) is 1.88. The van der Waals surface area contributed by atoms with Gasteiger partial charge in [-0.3, -0.25) is 4.79 Å². The fourth-order valence-electron chi connectivity index (χ4n) is 4.49. The van der Waals surface area contributed by atoms with Crippen LogP contribution in [0.25, 0.3) is 0 Å². The Morgan fingerprint density at radius 3 is 2.47 bits per heavy atom. The zero-order chi connectivity index (χ0) is 12.0. The Hall–Kier alpha value is -0.570. The first-order valence-electron chi connectivity index (χ1n) is 7.14. The summed E-state index contributed by atoms with van der Waals surface area (Å²) in [5.74, 6) is 4.61.